The third kappa shape index (κ3) is 3.04. The highest BCUT2D eigenvalue weighted by molar-refractivity contribution is 7.93. The number of aromatic nitrogens is 3. The number of nitrogens with zero attached hydrogens (tertiary/aromatic N) is 2. The average Bonchev–Trinajstić information content (AvgIpc) is 2.53. The highest BCUT2D eigenvalue weighted by atomic mass is 35.5. The molecular formula is C5H9ClN4O3S. The van der Waals surface area contributed by atoms with Gasteiger partial charge in [0.25, 0.3) is 0 Å². The Hall–Kier alpha value is -1.02. The molecule has 0 aliphatic rings. The van der Waals surface area contributed by atoms with E-state index in [0.717, 1.165) is 0 Å². The van der Waals surface area contributed by atoms with Gasteiger partial charge < -0.3 is 4.74 Å². The van der Waals surface area contributed by atoms with Crippen LogP contribution >= 0.6 is 11.6 Å². The van der Waals surface area contributed by atoms with Crippen molar-refractivity contribution in [2.45, 2.75) is 6.92 Å². The predicted molar refractivity (Wildman–Crippen MR) is 50.8 cm³/mol. The van der Waals surface area contributed by atoms with Crippen LogP contribution in [0, 0.1) is 0 Å². The monoisotopic (exact) mass is 240 g/mol. The zero-order valence-electron chi connectivity index (χ0n) is 7.32. The molecule has 1 aromatic rings. The Morgan fingerprint density at radius 1 is 1.64 bits per heavy atom. The smallest absolute Gasteiger partial charge is 0.337 e. The second-order valence-corrected chi connectivity index (χ2v) is 4.53. The molecule has 0 saturated carbocycles. The molecule has 1 rings (SSSR count). The molecule has 2 N–H and O–H groups in total. The van der Waals surface area contributed by atoms with Crippen LogP contribution in [0.25, 0.3) is 0 Å². The fourth-order valence-corrected chi connectivity index (χ4v) is 1.26. The van der Waals surface area contributed by atoms with Crippen molar-refractivity contribution in [3.05, 3.63) is 0 Å². The van der Waals surface area contributed by atoms with Gasteiger partial charge >= 0.3 is 6.01 Å². The van der Waals surface area contributed by atoms with Gasteiger partial charge in [0.05, 0.1) is 6.61 Å². The van der Waals surface area contributed by atoms with E-state index in [2.05, 4.69) is 19.9 Å². The van der Waals surface area contributed by atoms with Gasteiger partial charge in [0.15, 0.2) is 0 Å². The molecule has 0 atom stereocenters. The van der Waals surface area contributed by atoms with Crippen molar-refractivity contribution >= 4 is 27.6 Å². The van der Waals surface area contributed by atoms with Gasteiger partial charge in [0, 0.05) is 0 Å². The third-order valence-corrected chi connectivity index (χ3v) is 2.79. The zero-order chi connectivity index (χ0) is 10.6. The Balaban J connectivity index is 2.69. The topological polar surface area (TPSA) is 97.0 Å². The molecule has 0 fully saturated rings. The van der Waals surface area contributed by atoms with E-state index >= 15 is 0 Å². The van der Waals surface area contributed by atoms with Crippen molar-refractivity contribution in [1.29, 1.82) is 0 Å². The summed E-state index contributed by atoms with van der Waals surface area (Å²) in [6.45, 7) is 2.17. The Labute approximate surface area is 85.9 Å². The van der Waals surface area contributed by atoms with Crippen molar-refractivity contribution < 1.29 is 13.2 Å². The number of sulfonamides is 1. The summed E-state index contributed by atoms with van der Waals surface area (Å²) in [7, 11) is -3.55. The van der Waals surface area contributed by atoms with Gasteiger partial charge in [0.2, 0.25) is 16.0 Å². The van der Waals surface area contributed by atoms with Crippen molar-refractivity contribution in [2.24, 2.45) is 0 Å². The molecule has 9 heteroatoms. The number of hydrogen-bond acceptors (Lipinski definition) is 5. The van der Waals surface area contributed by atoms with E-state index < -0.39 is 15.2 Å². The van der Waals surface area contributed by atoms with E-state index in [-0.39, 0.29) is 12.0 Å². The molecule has 0 spiro atoms. The molecule has 0 saturated heterocycles. The summed E-state index contributed by atoms with van der Waals surface area (Å²) in [6, 6.07) is 0.0831. The minimum absolute atomic E-state index is 0.0194. The summed E-state index contributed by atoms with van der Waals surface area (Å²) < 4.78 is 28.9. The number of ether oxygens (including phenoxy) is 1. The summed E-state index contributed by atoms with van der Waals surface area (Å²) in [5.41, 5.74) is 0. The molecule has 0 aromatic carbocycles. The van der Waals surface area contributed by atoms with Crippen molar-refractivity contribution in [3.8, 4) is 6.01 Å². The maximum absolute atomic E-state index is 11.0. The van der Waals surface area contributed by atoms with Crippen LogP contribution in [0.15, 0.2) is 0 Å². The van der Waals surface area contributed by atoms with Crippen molar-refractivity contribution in [1.82, 2.24) is 15.2 Å². The summed E-state index contributed by atoms with van der Waals surface area (Å²) >= 11 is 5.17. The van der Waals surface area contributed by atoms with E-state index in [1.807, 2.05) is 0 Å². The maximum Gasteiger partial charge on any atom is 0.337 e. The molecule has 0 unspecified atom stereocenters. The molecule has 0 aliphatic carbocycles. The van der Waals surface area contributed by atoms with Gasteiger partial charge in [-0.1, -0.05) is 0 Å². The van der Waals surface area contributed by atoms with E-state index in [1.54, 1.807) is 6.92 Å². The molecule has 1 aromatic heterocycles. The second-order valence-electron chi connectivity index (χ2n) is 2.23. The van der Waals surface area contributed by atoms with Crippen LogP contribution in [0.5, 0.6) is 6.01 Å². The van der Waals surface area contributed by atoms with Crippen molar-refractivity contribution in [3.63, 3.8) is 0 Å². The van der Waals surface area contributed by atoms with Crippen molar-refractivity contribution in [2.75, 3.05) is 16.5 Å². The lowest BCUT2D eigenvalue weighted by Crippen LogP contribution is -2.14. The summed E-state index contributed by atoms with van der Waals surface area (Å²) in [6.07, 6.45) is 0. The van der Waals surface area contributed by atoms with Crippen LogP contribution in [-0.2, 0) is 10.0 Å². The summed E-state index contributed by atoms with van der Waals surface area (Å²) in [5, 5.41) is 5.40. The predicted octanol–water partition coefficient (Wildman–Crippen LogP) is 0.141. The SMILES string of the molecule is CCOc1n[nH]c(NS(=O)(=O)CCl)n1. The lowest BCUT2D eigenvalue weighted by molar-refractivity contribution is 0.314. The van der Waals surface area contributed by atoms with Crippen LogP contribution in [0.3, 0.4) is 0 Å². The lowest BCUT2D eigenvalue weighted by Gasteiger charge is -1.98. The highest BCUT2D eigenvalue weighted by Crippen LogP contribution is 2.07. The minimum atomic E-state index is -3.55. The molecule has 14 heavy (non-hydrogen) atoms. The molecular weight excluding hydrogens is 232 g/mol. The number of alkyl halides is 1. The maximum atomic E-state index is 11.0. The van der Waals surface area contributed by atoms with Gasteiger partial charge in [-0.15, -0.1) is 16.7 Å². The summed E-state index contributed by atoms with van der Waals surface area (Å²) in [5.74, 6) is -0.0194. The molecule has 0 amide bonds. The largest absolute Gasteiger partial charge is 0.463 e. The van der Waals surface area contributed by atoms with E-state index in [0.29, 0.717) is 6.61 Å². The summed E-state index contributed by atoms with van der Waals surface area (Å²) in [4.78, 5) is 3.70. The molecule has 7 nitrogen and oxygen atoms in total. The van der Waals surface area contributed by atoms with Crippen LogP contribution in [-0.4, -0.2) is 35.4 Å². The van der Waals surface area contributed by atoms with Gasteiger partial charge in [-0.2, -0.15) is 4.98 Å². The normalized spacial score (nSPS) is 11.3. The first-order valence-electron chi connectivity index (χ1n) is 3.69. The standard InChI is InChI=1S/C5H9ClN4O3S/c1-2-13-5-7-4(8-9-5)10-14(11,12)3-6/h2-3H2,1H3,(H2,7,8,9,10). The molecule has 80 valence electrons. The third-order valence-electron chi connectivity index (χ3n) is 1.13. The first-order chi connectivity index (χ1) is 6.57. The average molecular weight is 241 g/mol. The quantitative estimate of drug-likeness (QED) is 0.714. The van der Waals surface area contributed by atoms with E-state index in [4.69, 9.17) is 16.3 Å². The zero-order valence-corrected chi connectivity index (χ0v) is 8.89. The highest BCUT2D eigenvalue weighted by Gasteiger charge is 2.11. The number of rotatable bonds is 5. The second kappa shape index (κ2) is 4.47. The number of aromatic amines is 1. The molecule has 0 bridgehead atoms. The van der Waals surface area contributed by atoms with Gasteiger partial charge in [-0.05, 0) is 6.92 Å². The number of H-pyrrole nitrogens is 1. The lowest BCUT2D eigenvalue weighted by atomic mass is 10.9. The first kappa shape index (κ1) is 11.1. The number of anilines is 1. The van der Waals surface area contributed by atoms with Gasteiger partial charge in [-0.3, -0.25) is 4.72 Å². The van der Waals surface area contributed by atoms with Crippen LogP contribution in [0.1, 0.15) is 6.92 Å². The number of hydrogen-bond donors (Lipinski definition) is 2. The fraction of sp³-hybridized carbons (Fsp3) is 0.600. The Morgan fingerprint density at radius 3 is 2.93 bits per heavy atom. The number of nitrogens with one attached hydrogen (secondary N) is 2. The Kier molecular flexibility index (Phi) is 3.53. The Bertz CT molecular complexity index is 389. The van der Waals surface area contributed by atoms with Gasteiger partial charge in [0.1, 0.15) is 5.21 Å². The molecule has 0 radical (unpaired) electrons. The van der Waals surface area contributed by atoms with E-state index in [9.17, 15) is 8.42 Å². The van der Waals surface area contributed by atoms with E-state index in [1.165, 1.54) is 0 Å². The van der Waals surface area contributed by atoms with Crippen LogP contribution in [0.2, 0.25) is 0 Å². The molecule has 0 aliphatic heterocycles. The van der Waals surface area contributed by atoms with Crippen LogP contribution < -0.4 is 9.46 Å². The fourth-order valence-electron chi connectivity index (χ4n) is 0.660. The Morgan fingerprint density at radius 2 is 2.36 bits per heavy atom. The van der Waals surface area contributed by atoms with Crippen LogP contribution in [0.4, 0.5) is 5.95 Å². The molecule has 1 heterocycles. The van der Waals surface area contributed by atoms with Gasteiger partial charge in [-0.25, -0.2) is 13.5 Å². The first-order valence-corrected chi connectivity index (χ1v) is 5.87. The minimum Gasteiger partial charge on any atom is -0.463 e. The number of halogens is 1.